The zero-order valence-electron chi connectivity index (χ0n) is 25.9. The van der Waals surface area contributed by atoms with Gasteiger partial charge in [0.2, 0.25) is 0 Å². The van der Waals surface area contributed by atoms with Crippen LogP contribution in [0.4, 0.5) is 0 Å². The van der Waals surface area contributed by atoms with E-state index in [1.165, 1.54) is 83.4 Å². The van der Waals surface area contributed by atoms with Gasteiger partial charge in [0.15, 0.2) is 5.65 Å². The Morgan fingerprint density at radius 3 is 2.10 bits per heavy atom. The van der Waals surface area contributed by atoms with E-state index in [4.69, 9.17) is 15.2 Å². The standard InChI is InChI=1S/C32H55N5O4/c1-4-5-6-7-8-9-10-11-12-13-14-15-16-17-18-29(38)40-20-19-27(23-41-32(39)30(33)26(2)3)22-37-25-36-28-21-34-24-35-31(28)37/h21,24-27,30H,4-20,22-23,33H2,1-3H3/t27-,30+/m1/s1. The van der Waals surface area contributed by atoms with Gasteiger partial charge in [-0.3, -0.25) is 9.59 Å². The van der Waals surface area contributed by atoms with Crippen LogP contribution in [0.1, 0.15) is 124 Å². The first-order valence-electron chi connectivity index (χ1n) is 16.1. The molecule has 0 aliphatic carbocycles. The highest BCUT2D eigenvalue weighted by Gasteiger charge is 2.21. The van der Waals surface area contributed by atoms with Crippen LogP contribution in [0.2, 0.25) is 0 Å². The maximum Gasteiger partial charge on any atom is 0.323 e. The van der Waals surface area contributed by atoms with Crippen molar-refractivity contribution < 1.29 is 19.1 Å². The number of carbonyl (C=O) groups is 2. The van der Waals surface area contributed by atoms with Gasteiger partial charge in [-0.05, 0) is 18.8 Å². The second kappa shape index (κ2) is 21.2. The molecule has 0 spiro atoms. The van der Waals surface area contributed by atoms with E-state index in [0.29, 0.717) is 30.6 Å². The number of carbonyl (C=O) groups excluding carboxylic acids is 2. The van der Waals surface area contributed by atoms with Crippen LogP contribution in [-0.2, 0) is 25.6 Å². The summed E-state index contributed by atoms with van der Waals surface area (Å²) in [6.45, 7) is 7.02. The molecular weight excluding hydrogens is 518 g/mol. The lowest BCUT2D eigenvalue weighted by atomic mass is 10.0. The van der Waals surface area contributed by atoms with Gasteiger partial charge in [0, 0.05) is 18.9 Å². The van der Waals surface area contributed by atoms with Crippen molar-refractivity contribution in [2.24, 2.45) is 17.6 Å². The Hall–Kier alpha value is -2.55. The Morgan fingerprint density at radius 2 is 1.49 bits per heavy atom. The smallest absolute Gasteiger partial charge is 0.323 e. The first-order chi connectivity index (χ1) is 19.9. The largest absolute Gasteiger partial charge is 0.466 e. The van der Waals surface area contributed by atoms with Gasteiger partial charge >= 0.3 is 11.9 Å². The van der Waals surface area contributed by atoms with Crippen molar-refractivity contribution in [2.75, 3.05) is 13.2 Å². The Bertz CT molecular complexity index is 980. The number of aromatic nitrogens is 4. The van der Waals surface area contributed by atoms with Gasteiger partial charge in [0.25, 0.3) is 0 Å². The lowest BCUT2D eigenvalue weighted by Crippen LogP contribution is -2.38. The third-order valence-electron chi connectivity index (χ3n) is 7.71. The second-order valence-electron chi connectivity index (χ2n) is 11.7. The molecule has 0 saturated heterocycles. The summed E-state index contributed by atoms with van der Waals surface area (Å²) in [5.41, 5.74) is 7.36. The number of ether oxygens (including phenoxy) is 2. The van der Waals surface area contributed by atoms with Crippen LogP contribution in [-0.4, -0.2) is 50.7 Å². The number of imidazole rings is 1. The molecule has 0 saturated carbocycles. The maximum absolute atomic E-state index is 12.3. The van der Waals surface area contributed by atoms with E-state index in [2.05, 4.69) is 21.9 Å². The van der Waals surface area contributed by atoms with Crippen molar-refractivity contribution in [1.82, 2.24) is 19.5 Å². The highest BCUT2D eigenvalue weighted by molar-refractivity contribution is 5.75. The van der Waals surface area contributed by atoms with Gasteiger partial charge in [-0.25, -0.2) is 15.0 Å². The fourth-order valence-electron chi connectivity index (χ4n) is 4.90. The number of rotatable bonds is 24. The van der Waals surface area contributed by atoms with Crippen LogP contribution in [0.3, 0.4) is 0 Å². The molecule has 0 aliphatic rings. The third-order valence-corrected chi connectivity index (χ3v) is 7.71. The van der Waals surface area contributed by atoms with E-state index in [9.17, 15) is 9.59 Å². The Labute approximate surface area is 247 Å². The van der Waals surface area contributed by atoms with Crippen LogP contribution < -0.4 is 5.73 Å². The minimum atomic E-state index is -0.666. The Morgan fingerprint density at radius 1 is 0.878 bits per heavy atom. The fourth-order valence-corrected chi connectivity index (χ4v) is 4.90. The summed E-state index contributed by atoms with van der Waals surface area (Å²) in [5, 5.41) is 0. The van der Waals surface area contributed by atoms with Crippen molar-refractivity contribution in [3.8, 4) is 0 Å². The molecule has 0 aromatic carbocycles. The minimum absolute atomic E-state index is 0.00824. The summed E-state index contributed by atoms with van der Waals surface area (Å²) in [5.74, 6) is -0.675. The molecule has 41 heavy (non-hydrogen) atoms. The van der Waals surface area contributed by atoms with Crippen LogP contribution in [0.15, 0.2) is 18.9 Å². The first-order valence-corrected chi connectivity index (χ1v) is 16.1. The van der Waals surface area contributed by atoms with E-state index in [1.807, 2.05) is 18.4 Å². The van der Waals surface area contributed by atoms with Gasteiger partial charge in [-0.1, -0.05) is 104 Å². The molecule has 232 valence electrons. The number of esters is 2. The highest BCUT2D eigenvalue weighted by atomic mass is 16.5. The summed E-state index contributed by atoms with van der Waals surface area (Å²) in [7, 11) is 0. The zero-order chi connectivity index (χ0) is 29.7. The molecule has 2 aromatic heterocycles. The Balaban J connectivity index is 1.61. The van der Waals surface area contributed by atoms with E-state index < -0.39 is 12.0 Å². The predicted octanol–water partition coefficient (Wildman–Crippen LogP) is 6.77. The Kier molecular flexibility index (Phi) is 17.9. The van der Waals surface area contributed by atoms with Gasteiger partial charge < -0.3 is 19.8 Å². The van der Waals surface area contributed by atoms with Crippen LogP contribution in [0.5, 0.6) is 0 Å². The highest BCUT2D eigenvalue weighted by Crippen LogP contribution is 2.16. The molecule has 0 fully saturated rings. The van der Waals surface area contributed by atoms with Crippen molar-refractivity contribution in [1.29, 1.82) is 0 Å². The topological polar surface area (TPSA) is 122 Å². The van der Waals surface area contributed by atoms with Crippen LogP contribution in [0.25, 0.3) is 11.2 Å². The van der Waals surface area contributed by atoms with Crippen LogP contribution in [0, 0.1) is 11.8 Å². The average molecular weight is 574 g/mol. The maximum atomic E-state index is 12.3. The van der Waals surface area contributed by atoms with Crippen molar-refractivity contribution in [3.05, 3.63) is 18.9 Å². The lowest BCUT2D eigenvalue weighted by Gasteiger charge is -2.20. The SMILES string of the molecule is CCCCCCCCCCCCCCCCC(=O)OCC[C@@H](COC(=O)[C@@H](N)C(C)C)Cn1cnc2cncnc21. The number of fused-ring (bicyclic) bond motifs is 1. The van der Waals surface area contributed by atoms with Gasteiger partial charge in [0.05, 0.1) is 25.7 Å². The van der Waals surface area contributed by atoms with E-state index in [1.54, 1.807) is 12.5 Å². The number of hydrogen-bond acceptors (Lipinski definition) is 8. The molecule has 2 N–H and O–H groups in total. The summed E-state index contributed by atoms with van der Waals surface area (Å²) >= 11 is 0. The molecule has 0 radical (unpaired) electrons. The predicted molar refractivity (Wildman–Crippen MR) is 163 cm³/mol. The number of unbranched alkanes of at least 4 members (excludes halogenated alkanes) is 13. The summed E-state index contributed by atoms with van der Waals surface area (Å²) < 4.78 is 13.0. The summed E-state index contributed by atoms with van der Waals surface area (Å²) in [6, 6.07) is -0.666. The zero-order valence-corrected chi connectivity index (χ0v) is 25.9. The number of nitrogens with two attached hydrogens (primary N) is 1. The molecular formula is C32H55N5O4. The van der Waals surface area contributed by atoms with Crippen molar-refractivity contribution in [2.45, 2.75) is 136 Å². The molecule has 0 bridgehead atoms. The molecule has 2 aromatic rings. The molecule has 2 heterocycles. The summed E-state index contributed by atoms with van der Waals surface area (Å²) in [4.78, 5) is 37.3. The van der Waals surface area contributed by atoms with Crippen molar-refractivity contribution >= 4 is 23.1 Å². The lowest BCUT2D eigenvalue weighted by molar-refractivity contribution is -0.149. The molecule has 0 amide bonds. The minimum Gasteiger partial charge on any atom is -0.466 e. The van der Waals surface area contributed by atoms with Gasteiger partial charge in [-0.15, -0.1) is 0 Å². The molecule has 0 unspecified atom stereocenters. The third kappa shape index (κ3) is 14.8. The molecule has 2 atom stereocenters. The van der Waals surface area contributed by atoms with E-state index in [-0.39, 0.29) is 31.0 Å². The first kappa shape index (κ1) is 34.7. The number of hydrogen-bond donors (Lipinski definition) is 1. The van der Waals surface area contributed by atoms with E-state index >= 15 is 0 Å². The molecule has 9 heteroatoms. The average Bonchev–Trinajstić information content (AvgIpc) is 3.37. The quantitative estimate of drug-likeness (QED) is 0.108. The van der Waals surface area contributed by atoms with Crippen LogP contribution >= 0.6 is 0 Å². The monoisotopic (exact) mass is 573 g/mol. The van der Waals surface area contributed by atoms with E-state index in [0.717, 1.165) is 12.8 Å². The molecule has 2 rings (SSSR count). The van der Waals surface area contributed by atoms with Crippen molar-refractivity contribution in [3.63, 3.8) is 0 Å². The second-order valence-corrected chi connectivity index (χ2v) is 11.7. The molecule has 9 nitrogen and oxygen atoms in total. The normalized spacial score (nSPS) is 13.0. The fraction of sp³-hybridized carbons (Fsp3) is 0.781. The number of nitrogens with zero attached hydrogens (tertiary/aromatic N) is 4. The van der Waals surface area contributed by atoms with Gasteiger partial charge in [0.1, 0.15) is 17.9 Å². The summed E-state index contributed by atoms with van der Waals surface area (Å²) in [6.07, 6.45) is 23.9. The molecule has 0 aliphatic heterocycles. The van der Waals surface area contributed by atoms with Gasteiger partial charge in [-0.2, -0.15) is 0 Å².